The molecule has 0 spiro atoms. The molecule has 15 heavy (non-hydrogen) atoms. The van der Waals surface area contributed by atoms with E-state index in [-0.39, 0.29) is 0 Å². The molecule has 0 aliphatic heterocycles. The van der Waals surface area contributed by atoms with Crippen LogP contribution in [0.1, 0.15) is 5.56 Å². The first-order chi connectivity index (χ1) is 7.12. The van der Waals surface area contributed by atoms with Gasteiger partial charge in [0.15, 0.2) is 0 Å². The van der Waals surface area contributed by atoms with Crippen molar-refractivity contribution in [3.8, 4) is 0 Å². The third-order valence-electron chi connectivity index (χ3n) is 2.25. The van der Waals surface area contributed by atoms with Crippen molar-refractivity contribution in [3.63, 3.8) is 0 Å². The molecule has 0 unspecified atom stereocenters. The van der Waals surface area contributed by atoms with Crippen LogP contribution in [0.25, 0.3) is 0 Å². The Kier molecular flexibility index (Phi) is 2.36. The highest BCUT2D eigenvalue weighted by atomic mass is 32.2. The Morgan fingerprint density at radius 3 is 2.27 bits per heavy atom. The molecule has 1 aromatic heterocycles. The number of aromatic nitrogens is 1. The summed E-state index contributed by atoms with van der Waals surface area (Å²) >= 11 is 0. The van der Waals surface area contributed by atoms with Crippen molar-refractivity contribution < 1.29 is 8.42 Å². The van der Waals surface area contributed by atoms with Crippen LogP contribution in [-0.2, 0) is 9.84 Å². The topological polar surface area (TPSA) is 49.9 Å². The van der Waals surface area contributed by atoms with Crippen LogP contribution >= 0.6 is 0 Å². The van der Waals surface area contributed by atoms with Gasteiger partial charge < -0.3 is 4.98 Å². The summed E-state index contributed by atoms with van der Waals surface area (Å²) in [5.74, 6) is 0. The Hall–Kier alpha value is -1.55. The second kappa shape index (κ2) is 3.55. The van der Waals surface area contributed by atoms with Crippen molar-refractivity contribution in [3.05, 3.63) is 48.3 Å². The second-order valence-electron chi connectivity index (χ2n) is 3.32. The van der Waals surface area contributed by atoms with Crippen LogP contribution in [0, 0.1) is 6.92 Å². The molecule has 2 aromatic rings. The molecule has 0 fully saturated rings. The Morgan fingerprint density at radius 1 is 1.07 bits per heavy atom. The molecule has 0 saturated heterocycles. The van der Waals surface area contributed by atoms with Crippen molar-refractivity contribution >= 4 is 9.84 Å². The van der Waals surface area contributed by atoms with Crippen LogP contribution in [0.5, 0.6) is 0 Å². The molecule has 4 heteroatoms. The summed E-state index contributed by atoms with van der Waals surface area (Å²) < 4.78 is 24.2. The lowest BCUT2D eigenvalue weighted by atomic mass is 10.4. The number of hydrogen-bond donors (Lipinski definition) is 1. The molecule has 0 aliphatic rings. The number of sulfone groups is 1. The minimum absolute atomic E-state index is 0.327. The SMILES string of the molecule is Cc1c[nH]cc1S(=O)(=O)c1ccccc1. The summed E-state index contributed by atoms with van der Waals surface area (Å²) in [6.07, 6.45) is 3.19. The lowest BCUT2D eigenvalue weighted by Crippen LogP contribution is -2.01. The van der Waals surface area contributed by atoms with Gasteiger partial charge in [0.1, 0.15) is 0 Å². The first kappa shape index (κ1) is 9.98. The fourth-order valence-electron chi connectivity index (χ4n) is 1.44. The number of aryl methyl sites for hydroxylation is 1. The van der Waals surface area contributed by atoms with Gasteiger partial charge in [-0.1, -0.05) is 18.2 Å². The quantitative estimate of drug-likeness (QED) is 0.844. The molecular formula is C11H11NO2S. The fraction of sp³-hybridized carbons (Fsp3) is 0.0909. The van der Waals surface area contributed by atoms with E-state index in [9.17, 15) is 8.42 Å². The molecule has 0 amide bonds. The van der Waals surface area contributed by atoms with Gasteiger partial charge in [-0.05, 0) is 24.6 Å². The Labute approximate surface area is 88.7 Å². The van der Waals surface area contributed by atoms with Crippen LogP contribution < -0.4 is 0 Å². The molecular weight excluding hydrogens is 210 g/mol. The van der Waals surface area contributed by atoms with Gasteiger partial charge in [-0.3, -0.25) is 0 Å². The van der Waals surface area contributed by atoms with Crippen LogP contribution in [0.3, 0.4) is 0 Å². The first-order valence-electron chi connectivity index (χ1n) is 4.56. The summed E-state index contributed by atoms with van der Waals surface area (Å²) in [5, 5.41) is 0. The lowest BCUT2D eigenvalue weighted by molar-refractivity contribution is 0.595. The Morgan fingerprint density at radius 2 is 1.73 bits per heavy atom. The monoisotopic (exact) mass is 221 g/mol. The van der Waals surface area contributed by atoms with Gasteiger partial charge in [0.25, 0.3) is 0 Å². The number of H-pyrrole nitrogens is 1. The maximum Gasteiger partial charge on any atom is 0.208 e. The molecule has 1 aromatic carbocycles. The zero-order valence-corrected chi connectivity index (χ0v) is 9.08. The number of nitrogens with one attached hydrogen (secondary N) is 1. The lowest BCUT2D eigenvalue weighted by Gasteiger charge is -2.02. The molecule has 78 valence electrons. The zero-order chi connectivity index (χ0) is 10.9. The zero-order valence-electron chi connectivity index (χ0n) is 8.27. The van der Waals surface area contributed by atoms with E-state index in [0.717, 1.165) is 5.56 Å². The van der Waals surface area contributed by atoms with Gasteiger partial charge in [0, 0.05) is 12.4 Å². The number of rotatable bonds is 2. The highest BCUT2D eigenvalue weighted by molar-refractivity contribution is 7.91. The molecule has 3 nitrogen and oxygen atoms in total. The minimum atomic E-state index is -3.36. The maximum atomic E-state index is 12.1. The predicted molar refractivity (Wildman–Crippen MR) is 57.4 cm³/mol. The van der Waals surface area contributed by atoms with Crippen LogP contribution in [0.2, 0.25) is 0 Å². The second-order valence-corrected chi connectivity index (χ2v) is 5.24. The van der Waals surface area contributed by atoms with Crippen LogP contribution in [-0.4, -0.2) is 13.4 Å². The van der Waals surface area contributed by atoms with Crippen LogP contribution in [0.4, 0.5) is 0 Å². The molecule has 2 rings (SSSR count). The average molecular weight is 221 g/mol. The predicted octanol–water partition coefficient (Wildman–Crippen LogP) is 2.16. The fourth-order valence-corrected chi connectivity index (χ4v) is 2.92. The van der Waals surface area contributed by atoms with Crippen molar-refractivity contribution in [1.82, 2.24) is 4.98 Å². The number of benzene rings is 1. The highest BCUT2D eigenvalue weighted by Crippen LogP contribution is 2.22. The van der Waals surface area contributed by atoms with Crippen LogP contribution in [0.15, 0.2) is 52.5 Å². The van der Waals surface area contributed by atoms with Crippen molar-refractivity contribution in [1.29, 1.82) is 0 Å². The summed E-state index contributed by atoms with van der Waals surface area (Å²) in [6, 6.07) is 8.43. The third-order valence-corrected chi connectivity index (χ3v) is 4.16. The molecule has 0 radical (unpaired) electrons. The van der Waals surface area contributed by atoms with E-state index in [1.807, 2.05) is 0 Å². The molecule has 0 aliphatic carbocycles. The van der Waals surface area contributed by atoms with Crippen molar-refractivity contribution in [2.45, 2.75) is 16.7 Å². The summed E-state index contributed by atoms with van der Waals surface area (Å²) in [6.45, 7) is 1.77. The molecule has 0 atom stereocenters. The molecule has 0 bridgehead atoms. The first-order valence-corrected chi connectivity index (χ1v) is 6.04. The maximum absolute atomic E-state index is 12.1. The van der Waals surface area contributed by atoms with E-state index >= 15 is 0 Å². The largest absolute Gasteiger partial charge is 0.366 e. The van der Waals surface area contributed by atoms with Gasteiger partial charge in [0.05, 0.1) is 9.79 Å². The van der Waals surface area contributed by atoms with Gasteiger partial charge in [-0.25, -0.2) is 8.42 Å². The Bertz CT molecular complexity index is 555. The highest BCUT2D eigenvalue weighted by Gasteiger charge is 2.19. The Balaban J connectivity index is 2.60. The minimum Gasteiger partial charge on any atom is -0.366 e. The summed E-state index contributed by atoms with van der Waals surface area (Å²) in [4.78, 5) is 3.46. The average Bonchev–Trinajstić information content (AvgIpc) is 2.66. The number of aromatic amines is 1. The summed E-state index contributed by atoms with van der Waals surface area (Å²) in [7, 11) is -3.36. The molecule has 1 N–H and O–H groups in total. The van der Waals surface area contributed by atoms with Gasteiger partial charge in [-0.2, -0.15) is 0 Å². The van der Waals surface area contributed by atoms with Gasteiger partial charge >= 0.3 is 0 Å². The van der Waals surface area contributed by atoms with E-state index in [4.69, 9.17) is 0 Å². The standard InChI is InChI=1S/C11H11NO2S/c1-9-7-12-8-11(9)15(13,14)10-5-3-2-4-6-10/h2-8,12H,1H3. The van der Waals surface area contributed by atoms with Crippen molar-refractivity contribution in [2.24, 2.45) is 0 Å². The van der Waals surface area contributed by atoms with Crippen molar-refractivity contribution in [2.75, 3.05) is 0 Å². The van der Waals surface area contributed by atoms with E-state index in [1.54, 1.807) is 43.5 Å². The normalized spacial score (nSPS) is 11.5. The summed E-state index contributed by atoms with van der Waals surface area (Å²) in [5.41, 5.74) is 0.735. The number of hydrogen-bond acceptors (Lipinski definition) is 2. The van der Waals surface area contributed by atoms with E-state index in [2.05, 4.69) is 4.98 Å². The smallest absolute Gasteiger partial charge is 0.208 e. The van der Waals surface area contributed by atoms with E-state index < -0.39 is 9.84 Å². The van der Waals surface area contributed by atoms with E-state index in [1.165, 1.54) is 6.20 Å². The van der Waals surface area contributed by atoms with Gasteiger partial charge in [0.2, 0.25) is 9.84 Å². The van der Waals surface area contributed by atoms with Gasteiger partial charge in [-0.15, -0.1) is 0 Å². The molecule has 0 saturated carbocycles. The molecule has 1 heterocycles. The van der Waals surface area contributed by atoms with E-state index in [0.29, 0.717) is 9.79 Å². The third kappa shape index (κ3) is 1.68.